The van der Waals surface area contributed by atoms with Crippen molar-refractivity contribution in [1.82, 2.24) is 15.2 Å². The summed E-state index contributed by atoms with van der Waals surface area (Å²) in [7, 11) is 0. The summed E-state index contributed by atoms with van der Waals surface area (Å²) in [5.74, 6) is -0.331. The fourth-order valence-electron chi connectivity index (χ4n) is 2.34. The zero-order chi connectivity index (χ0) is 17.4. The van der Waals surface area contributed by atoms with E-state index in [1.54, 1.807) is 41.6 Å². The first-order chi connectivity index (χ1) is 11.6. The molecule has 0 aliphatic heterocycles. The molecule has 1 N–H and O–H groups in total. The van der Waals surface area contributed by atoms with Crippen LogP contribution in [0.4, 0.5) is 0 Å². The molecule has 126 valence electrons. The van der Waals surface area contributed by atoms with Gasteiger partial charge in [0.1, 0.15) is 0 Å². The van der Waals surface area contributed by atoms with Crippen molar-refractivity contribution in [3.05, 3.63) is 66.0 Å². The minimum absolute atomic E-state index is 0.0108. The SMILES string of the molecule is CCC(C)N(Cc1ccncc1)C(=O)CNC(=O)c1ccccc1. The first-order valence-corrected chi connectivity index (χ1v) is 8.13. The van der Waals surface area contributed by atoms with Gasteiger partial charge in [-0.25, -0.2) is 0 Å². The second-order valence-electron chi connectivity index (χ2n) is 5.68. The monoisotopic (exact) mass is 325 g/mol. The summed E-state index contributed by atoms with van der Waals surface area (Å²) in [6.45, 7) is 4.55. The molecule has 0 saturated heterocycles. The zero-order valence-corrected chi connectivity index (χ0v) is 14.1. The van der Waals surface area contributed by atoms with Crippen molar-refractivity contribution in [2.45, 2.75) is 32.9 Å². The second kappa shape index (κ2) is 8.82. The minimum atomic E-state index is -0.239. The molecular weight excluding hydrogens is 302 g/mol. The summed E-state index contributed by atoms with van der Waals surface area (Å²) in [5, 5.41) is 2.70. The van der Waals surface area contributed by atoms with Crippen LogP contribution < -0.4 is 5.32 Å². The Morgan fingerprint density at radius 2 is 1.79 bits per heavy atom. The predicted octanol–water partition coefficient (Wildman–Crippen LogP) is 2.64. The van der Waals surface area contributed by atoms with E-state index < -0.39 is 0 Å². The molecule has 24 heavy (non-hydrogen) atoms. The van der Waals surface area contributed by atoms with Crippen molar-refractivity contribution in [3.8, 4) is 0 Å². The molecular formula is C19H23N3O2. The number of pyridine rings is 1. The first kappa shape index (κ1) is 17.7. The van der Waals surface area contributed by atoms with Crippen LogP contribution in [0.2, 0.25) is 0 Å². The Kier molecular flexibility index (Phi) is 6.49. The van der Waals surface area contributed by atoms with E-state index in [0.29, 0.717) is 12.1 Å². The maximum absolute atomic E-state index is 12.6. The van der Waals surface area contributed by atoms with Crippen LogP contribution in [-0.2, 0) is 11.3 Å². The number of hydrogen-bond acceptors (Lipinski definition) is 3. The van der Waals surface area contributed by atoms with E-state index in [-0.39, 0.29) is 24.4 Å². The van der Waals surface area contributed by atoms with E-state index in [9.17, 15) is 9.59 Å². The van der Waals surface area contributed by atoms with E-state index in [1.807, 2.05) is 32.0 Å². The lowest BCUT2D eigenvalue weighted by molar-refractivity contribution is -0.132. The number of aromatic nitrogens is 1. The molecule has 0 fully saturated rings. The van der Waals surface area contributed by atoms with Crippen LogP contribution in [0.1, 0.15) is 36.2 Å². The van der Waals surface area contributed by atoms with Crippen molar-refractivity contribution < 1.29 is 9.59 Å². The van der Waals surface area contributed by atoms with Gasteiger partial charge in [-0.15, -0.1) is 0 Å². The molecule has 5 nitrogen and oxygen atoms in total. The number of hydrogen-bond donors (Lipinski definition) is 1. The van der Waals surface area contributed by atoms with Crippen LogP contribution in [0.3, 0.4) is 0 Å². The fourth-order valence-corrected chi connectivity index (χ4v) is 2.34. The molecule has 2 rings (SSSR count). The van der Waals surface area contributed by atoms with Gasteiger partial charge in [-0.3, -0.25) is 14.6 Å². The van der Waals surface area contributed by atoms with Crippen molar-refractivity contribution in [2.24, 2.45) is 0 Å². The first-order valence-electron chi connectivity index (χ1n) is 8.13. The lowest BCUT2D eigenvalue weighted by Gasteiger charge is -2.29. The molecule has 1 aromatic carbocycles. The highest BCUT2D eigenvalue weighted by Crippen LogP contribution is 2.10. The molecule has 0 radical (unpaired) electrons. The fraction of sp³-hybridized carbons (Fsp3) is 0.316. The predicted molar refractivity (Wildman–Crippen MR) is 93.3 cm³/mol. The van der Waals surface area contributed by atoms with Gasteiger partial charge in [0.15, 0.2) is 0 Å². The van der Waals surface area contributed by atoms with Crippen molar-refractivity contribution in [1.29, 1.82) is 0 Å². The highest BCUT2D eigenvalue weighted by molar-refractivity contribution is 5.96. The van der Waals surface area contributed by atoms with Crippen molar-refractivity contribution in [2.75, 3.05) is 6.54 Å². The summed E-state index contributed by atoms with van der Waals surface area (Å²) in [6.07, 6.45) is 4.28. The van der Waals surface area contributed by atoms with E-state index in [2.05, 4.69) is 10.3 Å². The summed E-state index contributed by atoms with van der Waals surface area (Å²) in [5.41, 5.74) is 1.57. The number of rotatable bonds is 7. The maximum Gasteiger partial charge on any atom is 0.251 e. The Bertz CT molecular complexity index is 659. The Morgan fingerprint density at radius 1 is 1.12 bits per heavy atom. The zero-order valence-electron chi connectivity index (χ0n) is 14.1. The van der Waals surface area contributed by atoms with E-state index in [0.717, 1.165) is 12.0 Å². The number of amides is 2. The van der Waals surface area contributed by atoms with E-state index >= 15 is 0 Å². The largest absolute Gasteiger partial charge is 0.343 e. The Hall–Kier alpha value is -2.69. The van der Waals surface area contributed by atoms with Crippen molar-refractivity contribution in [3.63, 3.8) is 0 Å². The molecule has 1 heterocycles. The Balaban J connectivity index is 1.99. The van der Waals surface area contributed by atoms with Gasteiger partial charge in [-0.1, -0.05) is 25.1 Å². The Labute approximate surface area is 142 Å². The van der Waals surface area contributed by atoms with Gasteiger partial charge in [0.05, 0.1) is 6.54 Å². The standard InChI is InChI=1S/C19H23N3O2/c1-3-15(2)22(14-16-9-11-20-12-10-16)18(23)13-21-19(24)17-7-5-4-6-8-17/h4-12,15H,3,13-14H2,1-2H3,(H,21,24). The van der Waals surface area contributed by atoms with Gasteiger partial charge in [0.25, 0.3) is 5.91 Å². The molecule has 1 atom stereocenters. The van der Waals surface area contributed by atoms with Crippen LogP contribution >= 0.6 is 0 Å². The summed E-state index contributed by atoms with van der Waals surface area (Å²) >= 11 is 0. The van der Waals surface area contributed by atoms with Gasteiger partial charge in [0.2, 0.25) is 5.91 Å². The summed E-state index contributed by atoms with van der Waals surface area (Å²) < 4.78 is 0. The average Bonchev–Trinajstić information content (AvgIpc) is 2.64. The molecule has 0 aliphatic rings. The molecule has 1 unspecified atom stereocenters. The number of nitrogens with one attached hydrogen (secondary N) is 1. The second-order valence-corrected chi connectivity index (χ2v) is 5.68. The number of benzene rings is 1. The smallest absolute Gasteiger partial charge is 0.251 e. The molecule has 0 bridgehead atoms. The molecule has 2 amide bonds. The topological polar surface area (TPSA) is 62.3 Å². The van der Waals surface area contributed by atoms with Crippen LogP contribution in [0.5, 0.6) is 0 Å². The highest BCUT2D eigenvalue weighted by Gasteiger charge is 2.20. The number of nitrogens with zero attached hydrogens (tertiary/aromatic N) is 2. The summed E-state index contributed by atoms with van der Waals surface area (Å²) in [4.78, 5) is 30.4. The van der Waals surface area contributed by atoms with Gasteiger partial charge in [-0.2, -0.15) is 0 Å². The Morgan fingerprint density at radius 3 is 2.42 bits per heavy atom. The van der Waals surface area contributed by atoms with Gasteiger partial charge in [0, 0.05) is 30.5 Å². The third-order valence-electron chi connectivity index (χ3n) is 3.98. The van der Waals surface area contributed by atoms with E-state index in [4.69, 9.17) is 0 Å². The van der Waals surface area contributed by atoms with E-state index in [1.165, 1.54) is 0 Å². The van der Waals surface area contributed by atoms with Crippen LogP contribution in [-0.4, -0.2) is 34.3 Å². The number of carbonyl (C=O) groups excluding carboxylic acids is 2. The summed E-state index contributed by atoms with van der Waals surface area (Å²) in [6, 6.07) is 12.8. The van der Waals surface area contributed by atoms with Gasteiger partial charge >= 0.3 is 0 Å². The quantitative estimate of drug-likeness (QED) is 0.851. The molecule has 2 aromatic rings. The third kappa shape index (κ3) is 4.91. The third-order valence-corrected chi connectivity index (χ3v) is 3.98. The van der Waals surface area contributed by atoms with Gasteiger partial charge < -0.3 is 10.2 Å². The molecule has 0 aliphatic carbocycles. The number of carbonyl (C=O) groups is 2. The minimum Gasteiger partial charge on any atom is -0.343 e. The lowest BCUT2D eigenvalue weighted by Crippen LogP contribution is -2.44. The van der Waals surface area contributed by atoms with Crippen LogP contribution in [0.15, 0.2) is 54.9 Å². The van der Waals surface area contributed by atoms with Crippen molar-refractivity contribution >= 4 is 11.8 Å². The average molecular weight is 325 g/mol. The van der Waals surface area contributed by atoms with Crippen LogP contribution in [0, 0.1) is 0 Å². The maximum atomic E-state index is 12.6. The molecule has 0 spiro atoms. The molecule has 0 saturated carbocycles. The highest BCUT2D eigenvalue weighted by atomic mass is 16.2. The molecule has 5 heteroatoms. The lowest BCUT2D eigenvalue weighted by atomic mass is 10.1. The van der Waals surface area contributed by atoms with Gasteiger partial charge in [-0.05, 0) is 43.2 Å². The normalized spacial score (nSPS) is 11.6. The molecule has 1 aromatic heterocycles. The van der Waals surface area contributed by atoms with Crippen LogP contribution in [0.25, 0.3) is 0 Å².